The van der Waals surface area contributed by atoms with Gasteiger partial charge in [-0.05, 0) is 32.9 Å². The Labute approximate surface area is 117 Å². The Kier molecular flexibility index (Phi) is 4.05. The fraction of sp³-hybridized carbons (Fsp3) is 0.357. The number of nitrogens with zero attached hydrogens (tertiary/aromatic N) is 1. The van der Waals surface area contributed by atoms with Gasteiger partial charge in [0, 0.05) is 28.0 Å². The monoisotopic (exact) mass is 280 g/mol. The first kappa shape index (κ1) is 13.5. The Balaban J connectivity index is 2.08. The van der Waals surface area contributed by atoms with E-state index >= 15 is 0 Å². The topological polar surface area (TPSA) is 24.9 Å². The molecule has 0 aliphatic carbocycles. The van der Waals surface area contributed by atoms with E-state index in [1.807, 2.05) is 24.3 Å². The van der Waals surface area contributed by atoms with E-state index in [4.69, 9.17) is 11.6 Å². The fourth-order valence-corrected chi connectivity index (χ4v) is 2.36. The Morgan fingerprint density at radius 3 is 2.50 bits per heavy atom. The van der Waals surface area contributed by atoms with Crippen molar-refractivity contribution in [2.24, 2.45) is 0 Å². The Bertz CT molecular complexity index is 511. The highest BCUT2D eigenvalue weighted by atomic mass is 35.5. The van der Waals surface area contributed by atoms with Gasteiger partial charge >= 0.3 is 0 Å². The van der Waals surface area contributed by atoms with Crippen molar-refractivity contribution in [2.75, 3.05) is 0 Å². The molecule has 0 aliphatic rings. The quantitative estimate of drug-likeness (QED) is 0.904. The first-order chi connectivity index (χ1) is 8.44. The van der Waals surface area contributed by atoms with Crippen LogP contribution in [0.4, 0.5) is 0 Å². The zero-order chi connectivity index (χ0) is 13.2. The number of hydrogen-bond acceptors (Lipinski definition) is 3. The molecule has 0 amide bonds. The number of nitrogens with one attached hydrogen (secondary N) is 1. The second kappa shape index (κ2) is 5.39. The van der Waals surface area contributed by atoms with Crippen LogP contribution in [0.3, 0.4) is 0 Å². The molecule has 96 valence electrons. The average Bonchev–Trinajstić information content (AvgIpc) is 2.75. The molecule has 0 fully saturated rings. The SMILES string of the molecule is CC(C)(C)NCc1nc(-c2ccc(Cl)cc2)cs1. The maximum Gasteiger partial charge on any atom is 0.107 e. The van der Waals surface area contributed by atoms with Crippen molar-refractivity contribution in [1.82, 2.24) is 10.3 Å². The molecule has 0 bridgehead atoms. The van der Waals surface area contributed by atoms with Crippen molar-refractivity contribution in [2.45, 2.75) is 32.9 Å². The molecule has 2 aromatic rings. The van der Waals surface area contributed by atoms with Gasteiger partial charge in [0.1, 0.15) is 5.01 Å². The van der Waals surface area contributed by atoms with E-state index in [-0.39, 0.29) is 5.54 Å². The first-order valence-electron chi connectivity index (χ1n) is 5.89. The smallest absolute Gasteiger partial charge is 0.107 e. The van der Waals surface area contributed by atoms with Gasteiger partial charge < -0.3 is 5.32 Å². The number of aromatic nitrogens is 1. The number of hydrogen-bond donors (Lipinski definition) is 1. The molecular weight excluding hydrogens is 264 g/mol. The molecular formula is C14H17ClN2S. The normalized spacial score (nSPS) is 11.8. The molecule has 0 unspecified atom stereocenters. The van der Waals surface area contributed by atoms with Crippen LogP contribution in [-0.2, 0) is 6.54 Å². The van der Waals surface area contributed by atoms with Gasteiger partial charge in [-0.15, -0.1) is 11.3 Å². The minimum Gasteiger partial charge on any atom is -0.306 e. The average molecular weight is 281 g/mol. The molecule has 0 saturated heterocycles. The van der Waals surface area contributed by atoms with Crippen molar-refractivity contribution >= 4 is 22.9 Å². The van der Waals surface area contributed by atoms with Crippen molar-refractivity contribution in [3.05, 3.63) is 39.7 Å². The van der Waals surface area contributed by atoms with Crippen LogP contribution < -0.4 is 5.32 Å². The van der Waals surface area contributed by atoms with Crippen molar-refractivity contribution in [3.63, 3.8) is 0 Å². The van der Waals surface area contributed by atoms with Crippen LogP contribution in [0.1, 0.15) is 25.8 Å². The van der Waals surface area contributed by atoms with Gasteiger partial charge in [0.05, 0.1) is 5.69 Å². The summed E-state index contributed by atoms with van der Waals surface area (Å²) in [7, 11) is 0. The second-order valence-electron chi connectivity index (χ2n) is 5.24. The van der Waals surface area contributed by atoms with Crippen molar-refractivity contribution in [1.29, 1.82) is 0 Å². The number of benzene rings is 1. The molecule has 0 radical (unpaired) electrons. The molecule has 18 heavy (non-hydrogen) atoms. The third-order valence-electron chi connectivity index (χ3n) is 2.46. The summed E-state index contributed by atoms with van der Waals surface area (Å²) in [5.74, 6) is 0. The standard InChI is InChI=1S/C14H17ClN2S/c1-14(2,3)16-8-13-17-12(9-18-13)10-4-6-11(15)7-5-10/h4-7,9,16H,8H2,1-3H3. The van der Waals surface area contributed by atoms with Crippen LogP contribution in [0.25, 0.3) is 11.3 Å². The third-order valence-corrected chi connectivity index (χ3v) is 3.56. The molecule has 2 nitrogen and oxygen atoms in total. The summed E-state index contributed by atoms with van der Waals surface area (Å²) in [6, 6.07) is 7.78. The van der Waals surface area contributed by atoms with Gasteiger partial charge in [0.15, 0.2) is 0 Å². The Morgan fingerprint density at radius 2 is 1.89 bits per heavy atom. The summed E-state index contributed by atoms with van der Waals surface area (Å²) in [5.41, 5.74) is 2.24. The molecule has 0 spiro atoms. The summed E-state index contributed by atoms with van der Waals surface area (Å²) >= 11 is 7.56. The number of thiazole rings is 1. The van der Waals surface area contributed by atoms with Crippen LogP contribution in [-0.4, -0.2) is 10.5 Å². The van der Waals surface area contributed by atoms with Crippen LogP contribution in [0.15, 0.2) is 29.6 Å². The van der Waals surface area contributed by atoms with E-state index in [2.05, 4.69) is 36.5 Å². The lowest BCUT2D eigenvalue weighted by Gasteiger charge is -2.19. The molecule has 1 aromatic carbocycles. The highest BCUT2D eigenvalue weighted by molar-refractivity contribution is 7.09. The highest BCUT2D eigenvalue weighted by Crippen LogP contribution is 2.23. The zero-order valence-corrected chi connectivity index (χ0v) is 12.4. The molecule has 0 atom stereocenters. The summed E-state index contributed by atoms with van der Waals surface area (Å²) in [6.07, 6.45) is 0. The van der Waals surface area contributed by atoms with Crippen LogP contribution in [0.2, 0.25) is 5.02 Å². The van der Waals surface area contributed by atoms with Crippen molar-refractivity contribution < 1.29 is 0 Å². The molecule has 1 aromatic heterocycles. The van der Waals surface area contributed by atoms with Gasteiger partial charge in [0.25, 0.3) is 0 Å². The molecule has 0 aliphatic heterocycles. The van der Waals surface area contributed by atoms with E-state index < -0.39 is 0 Å². The lowest BCUT2D eigenvalue weighted by molar-refractivity contribution is 0.424. The lowest BCUT2D eigenvalue weighted by Crippen LogP contribution is -2.34. The van der Waals surface area contributed by atoms with E-state index in [0.717, 1.165) is 27.8 Å². The predicted octanol–water partition coefficient (Wildman–Crippen LogP) is 4.35. The second-order valence-corrected chi connectivity index (χ2v) is 6.62. The number of halogens is 1. The first-order valence-corrected chi connectivity index (χ1v) is 7.15. The number of rotatable bonds is 3. The molecule has 0 saturated carbocycles. The van der Waals surface area contributed by atoms with E-state index in [1.165, 1.54) is 0 Å². The van der Waals surface area contributed by atoms with E-state index in [9.17, 15) is 0 Å². The van der Waals surface area contributed by atoms with Gasteiger partial charge in [0.2, 0.25) is 0 Å². The van der Waals surface area contributed by atoms with Gasteiger partial charge in [-0.1, -0.05) is 23.7 Å². The molecule has 1 N–H and O–H groups in total. The third kappa shape index (κ3) is 3.80. The Hall–Kier alpha value is -0.900. The summed E-state index contributed by atoms with van der Waals surface area (Å²) in [6.45, 7) is 7.27. The van der Waals surface area contributed by atoms with Crippen LogP contribution in [0, 0.1) is 0 Å². The summed E-state index contributed by atoms with van der Waals surface area (Å²) < 4.78 is 0. The largest absolute Gasteiger partial charge is 0.306 e. The molecule has 2 rings (SSSR count). The zero-order valence-electron chi connectivity index (χ0n) is 10.8. The highest BCUT2D eigenvalue weighted by Gasteiger charge is 2.10. The van der Waals surface area contributed by atoms with Crippen LogP contribution in [0.5, 0.6) is 0 Å². The summed E-state index contributed by atoms with van der Waals surface area (Å²) in [4.78, 5) is 4.63. The van der Waals surface area contributed by atoms with Gasteiger partial charge in [-0.2, -0.15) is 0 Å². The molecule has 4 heteroatoms. The van der Waals surface area contributed by atoms with E-state index in [1.54, 1.807) is 11.3 Å². The van der Waals surface area contributed by atoms with E-state index in [0.29, 0.717) is 0 Å². The fourth-order valence-electron chi connectivity index (χ4n) is 1.49. The maximum absolute atomic E-state index is 5.88. The van der Waals surface area contributed by atoms with Gasteiger partial charge in [-0.25, -0.2) is 4.98 Å². The Morgan fingerprint density at radius 1 is 1.22 bits per heavy atom. The predicted molar refractivity (Wildman–Crippen MR) is 79.2 cm³/mol. The van der Waals surface area contributed by atoms with Crippen molar-refractivity contribution in [3.8, 4) is 11.3 Å². The lowest BCUT2D eigenvalue weighted by atomic mass is 10.1. The van der Waals surface area contributed by atoms with Crippen LogP contribution >= 0.6 is 22.9 Å². The minimum atomic E-state index is 0.117. The molecule has 1 heterocycles. The summed E-state index contributed by atoms with van der Waals surface area (Å²) in [5, 5.41) is 7.38. The maximum atomic E-state index is 5.88. The minimum absolute atomic E-state index is 0.117. The van der Waals surface area contributed by atoms with Gasteiger partial charge in [-0.3, -0.25) is 0 Å².